The lowest BCUT2D eigenvalue weighted by Crippen LogP contribution is -2.08. The number of para-hydroxylation sites is 1. The Morgan fingerprint density at radius 3 is 2.70 bits per heavy atom. The Kier molecular flexibility index (Phi) is 4.61. The van der Waals surface area contributed by atoms with Gasteiger partial charge in [-0.25, -0.2) is 0 Å². The van der Waals surface area contributed by atoms with Gasteiger partial charge in [0.05, 0.1) is 18.4 Å². The summed E-state index contributed by atoms with van der Waals surface area (Å²) in [5, 5.41) is 0. The van der Waals surface area contributed by atoms with Gasteiger partial charge < -0.3 is 9.47 Å². The van der Waals surface area contributed by atoms with E-state index < -0.39 is 0 Å². The summed E-state index contributed by atoms with van der Waals surface area (Å²) in [7, 11) is 0. The van der Waals surface area contributed by atoms with Gasteiger partial charge in [0.25, 0.3) is 0 Å². The topological polar surface area (TPSA) is 31.4 Å². The van der Waals surface area contributed by atoms with Crippen LogP contribution in [0.2, 0.25) is 0 Å². The molecular weight excluding hydrogens is 250 g/mol. The first kappa shape index (κ1) is 14.4. The summed E-state index contributed by atoms with van der Waals surface area (Å²) >= 11 is 0. The molecule has 0 spiro atoms. The largest absolute Gasteiger partial charge is 0.494 e. The fourth-order valence-corrected chi connectivity index (χ4v) is 2.06. The number of ether oxygens (including phenoxy) is 2. The highest BCUT2D eigenvalue weighted by Gasteiger charge is 2.12. The molecule has 1 aromatic carbocycles. The molecule has 0 saturated carbocycles. The molecular formula is C17H21NO2. The first-order valence-electron chi connectivity index (χ1n) is 6.97. The number of nitrogens with zero attached hydrogens (tertiary/aromatic N) is 1. The molecule has 0 bridgehead atoms. The number of pyridine rings is 1. The normalized spacial score (nSPS) is 10.7. The van der Waals surface area contributed by atoms with Crippen LogP contribution in [0.1, 0.15) is 26.3 Å². The van der Waals surface area contributed by atoms with Gasteiger partial charge in [0.2, 0.25) is 0 Å². The zero-order valence-electron chi connectivity index (χ0n) is 12.5. The molecule has 0 aliphatic carbocycles. The van der Waals surface area contributed by atoms with Crippen molar-refractivity contribution in [1.82, 2.24) is 4.98 Å². The van der Waals surface area contributed by atoms with Crippen molar-refractivity contribution in [3.8, 4) is 22.8 Å². The molecule has 0 saturated heterocycles. The Morgan fingerprint density at radius 2 is 2.00 bits per heavy atom. The molecule has 3 nitrogen and oxygen atoms in total. The smallest absolute Gasteiger partial charge is 0.131 e. The Bertz CT molecular complexity index is 579. The van der Waals surface area contributed by atoms with Crippen LogP contribution in [0.4, 0.5) is 0 Å². The molecule has 0 aliphatic heterocycles. The van der Waals surface area contributed by atoms with Crippen molar-refractivity contribution in [1.29, 1.82) is 0 Å². The number of rotatable bonds is 5. The Balaban J connectivity index is 2.46. The van der Waals surface area contributed by atoms with Crippen LogP contribution in [-0.4, -0.2) is 17.7 Å². The highest BCUT2D eigenvalue weighted by Crippen LogP contribution is 2.33. The first-order valence-corrected chi connectivity index (χ1v) is 6.97. The van der Waals surface area contributed by atoms with Crippen LogP contribution in [-0.2, 0) is 0 Å². The monoisotopic (exact) mass is 271 g/mol. The van der Waals surface area contributed by atoms with E-state index in [-0.39, 0.29) is 6.10 Å². The number of aryl methyl sites for hydroxylation is 1. The zero-order chi connectivity index (χ0) is 14.5. The Labute approximate surface area is 120 Å². The lowest BCUT2D eigenvalue weighted by Gasteiger charge is -2.16. The number of hydrogen-bond donors (Lipinski definition) is 0. The third-order valence-electron chi connectivity index (χ3n) is 2.88. The quantitative estimate of drug-likeness (QED) is 0.815. The lowest BCUT2D eigenvalue weighted by molar-refractivity contribution is 0.242. The molecule has 2 aromatic rings. The predicted octanol–water partition coefficient (Wildman–Crippen LogP) is 4.24. The fraction of sp³-hybridized carbons (Fsp3) is 0.353. The Hall–Kier alpha value is -2.03. The van der Waals surface area contributed by atoms with E-state index in [4.69, 9.17) is 9.47 Å². The summed E-state index contributed by atoms with van der Waals surface area (Å²) < 4.78 is 11.5. The van der Waals surface area contributed by atoms with Crippen molar-refractivity contribution in [2.24, 2.45) is 0 Å². The molecule has 106 valence electrons. The molecule has 1 heterocycles. The summed E-state index contributed by atoms with van der Waals surface area (Å²) in [6.45, 7) is 8.72. The van der Waals surface area contributed by atoms with Crippen LogP contribution in [0, 0.1) is 6.92 Å². The van der Waals surface area contributed by atoms with Crippen molar-refractivity contribution >= 4 is 0 Å². The van der Waals surface area contributed by atoms with Crippen LogP contribution in [0.15, 0.2) is 36.5 Å². The molecule has 1 aromatic heterocycles. The van der Waals surface area contributed by atoms with Gasteiger partial charge in [-0.3, -0.25) is 4.98 Å². The van der Waals surface area contributed by atoms with Gasteiger partial charge in [0, 0.05) is 17.8 Å². The molecule has 3 heteroatoms. The van der Waals surface area contributed by atoms with E-state index in [9.17, 15) is 0 Å². The molecule has 0 fully saturated rings. The minimum Gasteiger partial charge on any atom is -0.494 e. The van der Waals surface area contributed by atoms with Crippen molar-refractivity contribution in [2.45, 2.75) is 33.8 Å². The summed E-state index contributed by atoms with van der Waals surface area (Å²) in [4.78, 5) is 4.44. The maximum atomic E-state index is 5.95. The van der Waals surface area contributed by atoms with Gasteiger partial charge >= 0.3 is 0 Å². The van der Waals surface area contributed by atoms with E-state index >= 15 is 0 Å². The van der Waals surface area contributed by atoms with Gasteiger partial charge in [-0.1, -0.05) is 12.1 Å². The molecule has 0 amide bonds. The molecule has 0 N–H and O–H groups in total. The lowest BCUT2D eigenvalue weighted by atomic mass is 10.1. The predicted molar refractivity (Wildman–Crippen MR) is 81.3 cm³/mol. The standard InChI is InChI=1S/C17H21NO2/c1-5-19-14-9-10-18-16(11-14)15-8-6-7-13(4)17(15)20-12(2)3/h6-12H,5H2,1-4H3. The molecule has 0 aliphatic rings. The second kappa shape index (κ2) is 6.42. The molecule has 0 radical (unpaired) electrons. The highest BCUT2D eigenvalue weighted by molar-refractivity contribution is 5.70. The second-order valence-corrected chi connectivity index (χ2v) is 4.93. The number of aromatic nitrogens is 1. The SMILES string of the molecule is CCOc1ccnc(-c2cccc(C)c2OC(C)C)c1. The summed E-state index contributed by atoms with van der Waals surface area (Å²) in [6, 6.07) is 9.92. The maximum Gasteiger partial charge on any atom is 0.131 e. The zero-order valence-corrected chi connectivity index (χ0v) is 12.5. The third-order valence-corrected chi connectivity index (χ3v) is 2.88. The summed E-state index contributed by atoms with van der Waals surface area (Å²) in [5.74, 6) is 1.72. The second-order valence-electron chi connectivity index (χ2n) is 4.93. The summed E-state index contributed by atoms with van der Waals surface area (Å²) in [5.41, 5.74) is 2.98. The van der Waals surface area contributed by atoms with Gasteiger partial charge in [0.15, 0.2) is 0 Å². The minimum absolute atomic E-state index is 0.130. The van der Waals surface area contributed by atoms with E-state index in [1.807, 2.05) is 58.0 Å². The molecule has 0 atom stereocenters. The van der Waals surface area contributed by atoms with Crippen LogP contribution in [0.3, 0.4) is 0 Å². The van der Waals surface area contributed by atoms with Crippen molar-refractivity contribution in [3.05, 3.63) is 42.1 Å². The molecule has 0 unspecified atom stereocenters. The highest BCUT2D eigenvalue weighted by atomic mass is 16.5. The minimum atomic E-state index is 0.130. The Morgan fingerprint density at radius 1 is 1.20 bits per heavy atom. The van der Waals surface area contributed by atoms with Gasteiger partial charge in [0.1, 0.15) is 11.5 Å². The third kappa shape index (κ3) is 3.29. The molecule has 2 rings (SSSR count). The fourth-order valence-electron chi connectivity index (χ4n) is 2.06. The van der Waals surface area contributed by atoms with E-state index in [2.05, 4.69) is 4.98 Å². The van der Waals surface area contributed by atoms with E-state index in [0.29, 0.717) is 6.61 Å². The van der Waals surface area contributed by atoms with Crippen molar-refractivity contribution < 1.29 is 9.47 Å². The van der Waals surface area contributed by atoms with Gasteiger partial charge in [-0.15, -0.1) is 0 Å². The number of benzene rings is 1. The first-order chi connectivity index (χ1) is 9.61. The van der Waals surface area contributed by atoms with Crippen LogP contribution < -0.4 is 9.47 Å². The molecule has 20 heavy (non-hydrogen) atoms. The van der Waals surface area contributed by atoms with E-state index in [1.165, 1.54) is 0 Å². The van der Waals surface area contributed by atoms with Crippen molar-refractivity contribution in [2.75, 3.05) is 6.61 Å². The van der Waals surface area contributed by atoms with Gasteiger partial charge in [-0.2, -0.15) is 0 Å². The average molecular weight is 271 g/mol. The van der Waals surface area contributed by atoms with E-state index in [0.717, 1.165) is 28.3 Å². The van der Waals surface area contributed by atoms with Gasteiger partial charge in [-0.05, 0) is 45.4 Å². The van der Waals surface area contributed by atoms with Crippen LogP contribution in [0.25, 0.3) is 11.3 Å². The van der Waals surface area contributed by atoms with Crippen LogP contribution in [0.5, 0.6) is 11.5 Å². The van der Waals surface area contributed by atoms with E-state index in [1.54, 1.807) is 6.20 Å². The maximum absolute atomic E-state index is 5.95. The average Bonchev–Trinajstić information content (AvgIpc) is 2.41. The van der Waals surface area contributed by atoms with Crippen LogP contribution >= 0.6 is 0 Å². The number of hydrogen-bond acceptors (Lipinski definition) is 3. The van der Waals surface area contributed by atoms with Crippen molar-refractivity contribution in [3.63, 3.8) is 0 Å². The summed E-state index contributed by atoms with van der Waals surface area (Å²) in [6.07, 6.45) is 1.90.